The largest absolute Gasteiger partial charge is 0.396 e. The lowest BCUT2D eigenvalue weighted by atomic mass is 10.2. The van der Waals surface area contributed by atoms with Gasteiger partial charge in [0.1, 0.15) is 17.5 Å². The van der Waals surface area contributed by atoms with E-state index in [9.17, 15) is 0 Å². The summed E-state index contributed by atoms with van der Waals surface area (Å²) in [4.78, 5) is 10.9. The number of anilines is 2. The molecule has 5 heteroatoms. The maximum atomic E-state index is 8.93. The Hall–Kier alpha value is -1.36. The summed E-state index contributed by atoms with van der Waals surface area (Å²) in [5.74, 6) is 2.48. The van der Waals surface area contributed by atoms with Crippen molar-refractivity contribution in [3.63, 3.8) is 0 Å². The molecular formula is C12H22N4O. The van der Waals surface area contributed by atoms with E-state index in [0.29, 0.717) is 6.04 Å². The molecule has 0 atom stereocenters. The maximum Gasteiger partial charge on any atom is 0.134 e. The lowest BCUT2D eigenvalue weighted by molar-refractivity contribution is 0.288. The predicted molar refractivity (Wildman–Crippen MR) is 70.5 cm³/mol. The van der Waals surface area contributed by atoms with E-state index in [0.717, 1.165) is 30.4 Å². The van der Waals surface area contributed by atoms with Gasteiger partial charge < -0.3 is 15.3 Å². The normalized spacial score (nSPS) is 10.7. The van der Waals surface area contributed by atoms with Crippen LogP contribution in [0.25, 0.3) is 0 Å². The Balaban J connectivity index is 2.96. The van der Waals surface area contributed by atoms with Gasteiger partial charge in [0.2, 0.25) is 0 Å². The predicted octanol–water partition coefficient (Wildman–Crippen LogP) is 1.42. The van der Waals surface area contributed by atoms with Crippen LogP contribution in [-0.2, 0) is 0 Å². The summed E-state index contributed by atoms with van der Waals surface area (Å²) in [5.41, 5.74) is 0. The van der Waals surface area contributed by atoms with Crippen molar-refractivity contribution in [2.45, 2.75) is 33.2 Å². The van der Waals surface area contributed by atoms with Crippen LogP contribution in [0.5, 0.6) is 0 Å². The minimum Gasteiger partial charge on any atom is -0.396 e. The molecule has 96 valence electrons. The van der Waals surface area contributed by atoms with Crippen molar-refractivity contribution in [2.24, 2.45) is 0 Å². The third kappa shape index (κ3) is 3.85. The van der Waals surface area contributed by atoms with Crippen LogP contribution >= 0.6 is 0 Å². The van der Waals surface area contributed by atoms with Gasteiger partial charge in [0.25, 0.3) is 0 Å². The molecule has 2 N–H and O–H groups in total. The molecule has 0 spiro atoms. The first-order valence-corrected chi connectivity index (χ1v) is 5.99. The Labute approximate surface area is 103 Å². The van der Waals surface area contributed by atoms with Gasteiger partial charge in [0.05, 0.1) is 0 Å². The second-order valence-electron chi connectivity index (χ2n) is 4.27. The van der Waals surface area contributed by atoms with E-state index >= 15 is 0 Å². The maximum absolute atomic E-state index is 8.93. The summed E-state index contributed by atoms with van der Waals surface area (Å²) < 4.78 is 0. The minimum atomic E-state index is 0.201. The first kappa shape index (κ1) is 13.7. The van der Waals surface area contributed by atoms with Crippen LogP contribution in [0.4, 0.5) is 11.6 Å². The van der Waals surface area contributed by atoms with Gasteiger partial charge >= 0.3 is 0 Å². The van der Waals surface area contributed by atoms with Crippen molar-refractivity contribution in [3.8, 4) is 0 Å². The number of nitrogens with one attached hydrogen (secondary N) is 1. The molecule has 0 aliphatic heterocycles. The van der Waals surface area contributed by atoms with E-state index < -0.39 is 0 Å². The van der Waals surface area contributed by atoms with E-state index in [1.54, 1.807) is 0 Å². The van der Waals surface area contributed by atoms with Gasteiger partial charge in [0.15, 0.2) is 0 Å². The molecule has 0 radical (unpaired) electrons. The molecule has 1 aromatic heterocycles. The fourth-order valence-corrected chi connectivity index (χ4v) is 1.71. The third-order valence-corrected chi connectivity index (χ3v) is 2.56. The molecule has 0 saturated heterocycles. The van der Waals surface area contributed by atoms with Gasteiger partial charge in [0, 0.05) is 32.3 Å². The van der Waals surface area contributed by atoms with E-state index in [1.807, 2.05) is 20.0 Å². The summed E-state index contributed by atoms with van der Waals surface area (Å²) >= 11 is 0. The molecule has 0 aromatic carbocycles. The lowest BCUT2D eigenvalue weighted by Crippen LogP contribution is -2.33. The second-order valence-corrected chi connectivity index (χ2v) is 4.27. The number of aryl methyl sites for hydroxylation is 1. The van der Waals surface area contributed by atoms with Crippen LogP contribution in [0.15, 0.2) is 6.07 Å². The van der Waals surface area contributed by atoms with Crippen molar-refractivity contribution in [2.75, 3.05) is 30.4 Å². The third-order valence-electron chi connectivity index (χ3n) is 2.56. The molecule has 0 bridgehead atoms. The van der Waals surface area contributed by atoms with Crippen molar-refractivity contribution in [1.29, 1.82) is 0 Å². The first-order chi connectivity index (χ1) is 8.08. The average Bonchev–Trinajstić information content (AvgIpc) is 2.28. The molecule has 0 unspecified atom stereocenters. The molecule has 0 amide bonds. The molecule has 1 heterocycles. The Morgan fingerprint density at radius 3 is 2.65 bits per heavy atom. The van der Waals surface area contributed by atoms with Gasteiger partial charge in [-0.1, -0.05) is 0 Å². The van der Waals surface area contributed by atoms with E-state index in [1.165, 1.54) is 0 Å². The quantitative estimate of drug-likeness (QED) is 0.785. The SMILES string of the molecule is CNc1cc(N(CCCO)C(C)C)nc(C)n1. The van der Waals surface area contributed by atoms with Crippen LogP contribution in [0.1, 0.15) is 26.1 Å². The molecule has 0 fully saturated rings. The highest BCUT2D eigenvalue weighted by Crippen LogP contribution is 2.18. The lowest BCUT2D eigenvalue weighted by Gasteiger charge is -2.28. The number of hydrogen-bond acceptors (Lipinski definition) is 5. The fraction of sp³-hybridized carbons (Fsp3) is 0.667. The number of aliphatic hydroxyl groups is 1. The molecule has 0 saturated carbocycles. The molecule has 1 rings (SSSR count). The summed E-state index contributed by atoms with van der Waals surface area (Å²) in [7, 11) is 1.85. The Bertz CT molecular complexity index is 354. The Morgan fingerprint density at radius 2 is 2.12 bits per heavy atom. The van der Waals surface area contributed by atoms with Crippen molar-refractivity contribution >= 4 is 11.6 Å². The molecular weight excluding hydrogens is 216 g/mol. The topological polar surface area (TPSA) is 61.3 Å². The van der Waals surface area contributed by atoms with Crippen LogP contribution in [0.2, 0.25) is 0 Å². The van der Waals surface area contributed by atoms with Crippen LogP contribution < -0.4 is 10.2 Å². The number of aromatic nitrogens is 2. The fourth-order valence-electron chi connectivity index (χ4n) is 1.71. The molecule has 0 aliphatic carbocycles. The first-order valence-electron chi connectivity index (χ1n) is 5.99. The van der Waals surface area contributed by atoms with E-state index in [-0.39, 0.29) is 6.61 Å². The Morgan fingerprint density at radius 1 is 1.41 bits per heavy atom. The number of nitrogens with zero attached hydrogens (tertiary/aromatic N) is 3. The summed E-state index contributed by atoms with van der Waals surface area (Å²) in [6.07, 6.45) is 0.746. The number of rotatable bonds is 6. The smallest absolute Gasteiger partial charge is 0.134 e. The van der Waals surface area contributed by atoms with E-state index in [4.69, 9.17) is 5.11 Å². The van der Waals surface area contributed by atoms with Crippen LogP contribution in [0, 0.1) is 6.92 Å². The zero-order valence-corrected chi connectivity index (χ0v) is 11.1. The monoisotopic (exact) mass is 238 g/mol. The molecule has 17 heavy (non-hydrogen) atoms. The zero-order chi connectivity index (χ0) is 12.8. The number of hydrogen-bond donors (Lipinski definition) is 2. The average molecular weight is 238 g/mol. The van der Waals surface area contributed by atoms with Crippen molar-refractivity contribution < 1.29 is 5.11 Å². The Kier molecular flexibility index (Phi) is 5.15. The van der Waals surface area contributed by atoms with Crippen LogP contribution in [-0.4, -0.2) is 41.3 Å². The summed E-state index contributed by atoms with van der Waals surface area (Å²) in [6, 6.07) is 2.28. The highest BCUT2D eigenvalue weighted by molar-refractivity contribution is 5.49. The minimum absolute atomic E-state index is 0.201. The zero-order valence-electron chi connectivity index (χ0n) is 11.1. The second kappa shape index (κ2) is 6.39. The summed E-state index contributed by atoms with van der Waals surface area (Å²) in [6.45, 7) is 7.12. The van der Waals surface area contributed by atoms with Gasteiger partial charge in [-0.15, -0.1) is 0 Å². The molecule has 0 aliphatic rings. The van der Waals surface area contributed by atoms with Gasteiger partial charge in [-0.05, 0) is 27.2 Å². The summed E-state index contributed by atoms with van der Waals surface area (Å²) in [5, 5.41) is 12.0. The highest BCUT2D eigenvalue weighted by atomic mass is 16.3. The molecule has 5 nitrogen and oxygen atoms in total. The van der Waals surface area contributed by atoms with Gasteiger partial charge in [-0.2, -0.15) is 0 Å². The van der Waals surface area contributed by atoms with Crippen molar-refractivity contribution in [1.82, 2.24) is 9.97 Å². The van der Waals surface area contributed by atoms with Gasteiger partial charge in [-0.3, -0.25) is 0 Å². The number of aliphatic hydroxyl groups excluding tert-OH is 1. The van der Waals surface area contributed by atoms with Crippen LogP contribution in [0.3, 0.4) is 0 Å². The molecule has 1 aromatic rings. The standard InChI is InChI=1S/C12H22N4O/c1-9(2)16(6-5-7-17)12-8-11(13-4)14-10(3)15-12/h8-9,17H,5-7H2,1-4H3,(H,13,14,15). The van der Waals surface area contributed by atoms with Gasteiger partial charge in [-0.25, -0.2) is 9.97 Å². The van der Waals surface area contributed by atoms with E-state index in [2.05, 4.69) is 34.0 Å². The highest BCUT2D eigenvalue weighted by Gasteiger charge is 2.13. The van der Waals surface area contributed by atoms with Crippen molar-refractivity contribution in [3.05, 3.63) is 11.9 Å².